The first kappa shape index (κ1) is 29.0. The van der Waals surface area contributed by atoms with Crippen LogP contribution in [-0.4, -0.2) is 13.7 Å². The zero-order valence-electron chi connectivity index (χ0n) is 27.7. The Hall–Kier alpha value is -6.98. The van der Waals surface area contributed by atoms with Crippen molar-refractivity contribution < 1.29 is 9.47 Å². The Morgan fingerprint density at radius 2 is 0.745 bits per heavy atom. The smallest absolute Gasteiger partial charge is 0.128 e. The van der Waals surface area contributed by atoms with E-state index in [0.29, 0.717) is 0 Å². The molecule has 0 aliphatic heterocycles. The summed E-state index contributed by atoms with van der Waals surface area (Å²) in [6.07, 6.45) is 2.95. The van der Waals surface area contributed by atoms with E-state index in [2.05, 4.69) is 166 Å². The van der Waals surface area contributed by atoms with Crippen molar-refractivity contribution in [1.29, 1.82) is 0 Å². The minimum atomic E-state index is 0.751. The van der Waals surface area contributed by atoms with Gasteiger partial charge in [0.15, 0.2) is 0 Å². The summed E-state index contributed by atoms with van der Waals surface area (Å²) in [5, 5.41) is 7.04. The number of hydrogen-bond donors (Lipinski definition) is 0. The molecule has 0 atom stereocenters. The topological polar surface area (TPSA) is 33.2 Å². The number of ether oxygens (including phenoxy) is 2. The summed E-state index contributed by atoms with van der Waals surface area (Å²) in [6, 6.07) is 53.8. The van der Waals surface area contributed by atoms with Crippen LogP contribution in [-0.2, 0) is 0 Å². The maximum Gasteiger partial charge on any atom is 0.128 e. The molecule has 10 rings (SSSR count). The lowest BCUT2D eigenvalue weighted by molar-refractivity contribution is 0.484. The number of hydrogen-bond acceptors (Lipinski definition) is 2. The molecule has 0 N–H and O–H groups in total. The first-order valence-electron chi connectivity index (χ1n) is 17.0. The van der Waals surface area contributed by atoms with E-state index in [1.54, 1.807) is 0 Å². The van der Waals surface area contributed by atoms with E-state index in [9.17, 15) is 0 Å². The maximum absolute atomic E-state index is 5.74. The molecule has 3 aromatic heterocycles. The first-order valence-corrected chi connectivity index (χ1v) is 17.0. The Kier molecular flexibility index (Phi) is 6.42. The first-order chi connectivity index (χ1) is 25.2. The fourth-order valence-corrected chi connectivity index (χ4v) is 7.93. The average Bonchev–Trinajstić information content (AvgIpc) is 3.80. The van der Waals surface area contributed by atoms with Gasteiger partial charge >= 0.3 is 0 Å². The van der Waals surface area contributed by atoms with E-state index < -0.39 is 0 Å². The fraction of sp³-hybridized carbons (Fsp3) is 0. The molecule has 10 aromatic rings. The Labute approximate surface area is 293 Å². The van der Waals surface area contributed by atoms with Crippen LogP contribution in [0.1, 0.15) is 0 Å². The lowest BCUT2D eigenvalue weighted by Gasteiger charge is -2.11. The van der Waals surface area contributed by atoms with Crippen LogP contribution in [0.3, 0.4) is 0 Å². The van der Waals surface area contributed by atoms with E-state index in [-0.39, 0.29) is 0 Å². The van der Waals surface area contributed by atoms with Gasteiger partial charge in [-0.05, 0) is 84.9 Å². The van der Waals surface area contributed by atoms with Gasteiger partial charge < -0.3 is 23.2 Å². The van der Waals surface area contributed by atoms with E-state index in [1.165, 1.54) is 34.1 Å². The van der Waals surface area contributed by atoms with Gasteiger partial charge in [0.1, 0.15) is 11.5 Å². The molecule has 5 nitrogen and oxygen atoms in total. The highest BCUT2D eigenvalue weighted by molar-refractivity contribution is 6.14. The Bertz CT molecular complexity index is 2830. The maximum atomic E-state index is 5.74. The molecule has 0 saturated heterocycles. The lowest BCUT2D eigenvalue weighted by Crippen LogP contribution is -1.96. The second-order valence-corrected chi connectivity index (χ2v) is 12.7. The second kappa shape index (κ2) is 11.3. The number of benzene rings is 7. The summed E-state index contributed by atoms with van der Waals surface area (Å²) < 4.78 is 18.5. The SMILES string of the molecule is C=COc1ccc2c3ccccc3n(-c3ccc4c(c3)c3cc(-n5c6ccccc6c6ccc(OC=C)cc65)ccc3n4-c3ccccc3)c2c1. The average molecular weight is 658 g/mol. The highest BCUT2D eigenvalue weighted by Crippen LogP contribution is 2.40. The minimum Gasteiger partial charge on any atom is -0.466 e. The molecular weight excluding hydrogens is 627 g/mol. The van der Waals surface area contributed by atoms with E-state index in [4.69, 9.17) is 9.47 Å². The molecule has 0 fully saturated rings. The molecule has 0 aliphatic rings. The molecule has 0 unspecified atom stereocenters. The largest absolute Gasteiger partial charge is 0.466 e. The van der Waals surface area contributed by atoms with Gasteiger partial charge in [-0.3, -0.25) is 0 Å². The quantitative estimate of drug-likeness (QED) is 0.160. The summed E-state index contributed by atoms with van der Waals surface area (Å²) in [6.45, 7) is 7.56. The van der Waals surface area contributed by atoms with Crippen molar-refractivity contribution in [2.45, 2.75) is 0 Å². The van der Waals surface area contributed by atoms with Crippen molar-refractivity contribution in [3.63, 3.8) is 0 Å². The van der Waals surface area contributed by atoms with E-state index in [1.807, 2.05) is 12.1 Å². The molecule has 0 bridgehead atoms. The predicted molar refractivity (Wildman–Crippen MR) is 211 cm³/mol. The molecular formula is C46H31N3O2. The number of rotatable bonds is 7. The van der Waals surface area contributed by atoms with Gasteiger partial charge in [-0.25, -0.2) is 0 Å². The molecule has 0 spiro atoms. The van der Waals surface area contributed by atoms with Gasteiger partial charge in [0.25, 0.3) is 0 Å². The third-order valence-electron chi connectivity index (χ3n) is 9.99. The van der Waals surface area contributed by atoms with Crippen molar-refractivity contribution in [2.75, 3.05) is 0 Å². The molecule has 0 aliphatic carbocycles. The van der Waals surface area contributed by atoms with E-state index in [0.717, 1.165) is 72.4 Å². The Morgan fingerprint density at radius 1 is 0.333 bits per heavy atom. The Morgan fingerprint density at radius 3 is 1.24 bits per heavy atom. The second-order valence-electron chi connectivity index (χ2n) is 12.7. The zero-order chi connectivity index (χ0) is 34.1. The van der Waals surface area contributed by atoms with Crippen molar-refractivity contribution in [2.24, 2.45) is 0 Å². The molecule has 3 heterocycles. The van der Waals surface area contributed by atoms with Gasteiger partial charge in [0, 0.05) is 61.5 Å². The monoisotopic (exact) mass is 657 g/mol. The van der Waals surface area contributed by atoms with Crippen molar-refractivity contribution >= 4 is 65.4 Å². The van der Waals surface area contributed by atoms with Crippen LogP contribution in [0.25, 0.3) is 82.5 Å². The third-order valence-corrected chi connectivity index (χ3v) is 9.99. The van der Waals surface area contributed by atoms with Crippen LogP contribution in [0, 0.1) is 0 Å². The van der Waals surface area contributed by atoms with Gasteiger partial charge in [-0.2, -0.15) is 0 Å². The van der Waals surface area contributed by atoms with Gasteiger partial charge in [0.2, 0.25) is 0 Å². The molecule has 0 amide bonds. The van der Waals surface area contributed by atoms with Crippen LogP contribution >= 0.6 is 0 Å². The highest BCUT2D eigenvalue weighted by Gasteiger charge is 2.19. The lowest BCUT2D eigenvalue weighted by atomic mass is 10.1. The van der Waals surface area contributed by atoms with Crippen LogP contribution in [0.5, 0.6) is 11.5 Å². The molecule has 0 saturated carbocycles. The summed E-state index contributed by atoms with van der Waals surface area (Å²) >= 11 is 0. The normalized spacial score (nSPS) is 11.7. The van der Waals surface area contributed by atoms with Crippen molar-refractivity contribution in [1.82, 2.24) is 13.7 Å². The highest BCUT2D eigenvalue weighted by atomic mass is 16.5. The summed E-state index contributed by atoms with van der Waals surface area (Å²) in [5.41, 5.74) is 9.96. The fourth-order valence-electron chi connectivity index (χ4n) is 7.93. The summed E-state index contributed by atoms with van der Waals surface area (Å²) in [5.74, 6) is 1.50. The zero-order valence-corrected chi connectivity index (χ0v) is 27.7. The minimum absolute atomic E-state index is 0.751. The molecule has 5 heteroatoms. The van der Waals surface area contributed by atoms with Crippen molar-refractivity contribution in [3.05, 3.63) is 177 Å². The molecule has 7 aromatic carbocycles. The number of aromatic nitrogens is 3. The third kappa shape index (κ3) is 4.35. The van der Waals surface area contributed by atoms with Gasteiger partial charge in [0.05, 0.1) is 45.6 Å². The van der Waals surface area contributed by atoms with Crippen molar-refractivity contribution in [3.8, 4) is 28.6 Å². The van der Waals surface area contributed by atoms with Crippen LogP contribution in [0.2, 0.25) is 0 Å². The van der Waals surface area contributed by atoms with E-state index >= 15 is 0 Å². The number of para-hydroxylation sites is 3. The number of nitrogens with zero attached hydrogens (tertiary/aromatic N) is 3. The van der Waals surface area contributed by atoms with Gasteiger partial charge in [-0.1, -0.05) is 67.8 Å². The van der Waals surface area contributed by atoms with Crippen LogP contribution < -0.4 is 9.47 Å². The summed E-state index contributed by atoms with van der Waals surface area (Å²) in [7, 11) is 0. The molecule has 242 valence electrons. The Balaban J connectivity index is 1.28. The predicted octanol–water partition coefficient (Wildman–Crippen LogP) is 12.0. The summed E-state index contributed by atoms with van der Waals surface area (Å²) in [4.78, 5) is 0. The van der Waals surface area contributed by atoms with Crippen LogP contribution in [0.4, 0.5) is 0 Å². The molecule has 0 radical (unpaired) electrons. The van der Waals surface area contributed by atoms with Gasteiger partial charge in [-0.15, -0.1) is 0 Å². The standard InChI is InChI=1S/C46H31N3O2/c1-3-50-33-20-22-37-35-14-8-10-16-41(35)48(45(37)28-33)31-18-24-43-39(26-31)40-27-32(19-25-44(40)47(43)30-12-6-5-7-13-30)49-42-17-11-9-15-36(42)38-23-21-34(51-4-2)29-46(38)49/h3-29H,1-2H2. The molecule has 51 heavy (non-hydrogen) atoms. The number of fused-ring (bicyclic) bond motifs is 9. The van der Waals surface area contributed by atoms with Crippen LogP contribution in [0.15, 0.2) is 177 Å².